The van der Waals surface area contributed by atoms with Gasteiger partial charge >= 0.3 is 0 Å². The Hall–Kier alpha value is -1.20. The Morgan fingerprint density at radius 3 is 2.88 bits per heavy atom. The first-order valence-electron chi connectivity index (χ1n) is 5.27. The predicted octanol–water partition coefficient (Wildman–Crippen LogP) is 3.83. The molecular weight excluding hydrogens is 302 g/mol. The van der Waals surface area contributed by atoms with Gasteiger partial charge in [-0.3, -0.25) is 0 Å². The first-order valence-corrected chi connectivity index (χ1v) is 6.88. The minimum Gasteiger partial charge on any atom is -0.454 e. The van der Waals surface area contributed by atoms with E-state index in [4.69, 9.17) is 9.47 Å². The summed E-state index contributed by atoms with van der Waals surface area (Å²) in [5.74, 6) is 1.70. The van der Waals surface area contributed by atoms with Gasteiger partial charge in [-0.2, -0.15) is 0 Å². The Kier molecular flexibility index (Phi) is 1.96. The van der Waals surface area contributed by atoms with E-state index < -0.39 is 0 Å². The molecule has 4 rings (SSSR count). The molecule has 0 saturated carbocycles. The largest absolute Gasteiger partial charge is 0.454 e. The number of benzene rings is 1. The summed E-state index contributed by atoms with van der Waals surface area (Å²) < 4.78 is 12.0. The molecule has 0 radical (unpaired) electrons. The molecule has 2 aliphatic heterocycles. The molecule has 0 atom stereocenters. The molecule has 0 amide bonds. The molecule has 0 unspecified atom stereocenters. The Labute approximate surface area is 110 Å². The fourth-order valence-corrected chi connectivity index (χ4v) is 3.85. The van der Waals surface area contributed by atoms with Crippen molar-refractivity contribution in [1.29, 1.82) is 0 Å². The van der Waals surface area contributed by atoms with Crippen LogP contribution < -0.4 is 14.8 Å². The Balaban J connectivity index is 1.97. The van der Waals surface area contributed by atoms with Crippen LogP contribution in [-0.4, -0.2) is 6.79 Å². The Bertz CT molecular complexity index is 623. The summed E-state index contributed by atoms with van der Waals surface area (Å²) in [6, 6.07) is 6.27. The van der Waals surface area contributed by atoms with Crippen molar-refractivity contribution in [2.24, 2.45) is 0 Å². The van der Waals surface area contributed by atoms with E-state index in [0.717, 1.165) is 21.8 Å². The minimum absolute atomic E-state index is 0.326. The zero-order valence-electron chi connectivity index (χ0n) is 8.75. The smallest absolute Gasteiger partial charge is 0.231 e. The van der Waals surface area contributed by atoms with Gasteiger partial charge in [-0.1, -0.05) is 0 Å². The zero-order chi connectivity index (χ0) is 11.4. The second-order valence-electron chi connectivity index (χ2n) is 4.01. The molecule has 0 saturated heterocycles. The van der Waals surface area contributed by atoms with Crippen molar-refractivity contribution in [2.45, 2.75) is 6.54 Å². The maximum atomic E-state index is 5.44. The number of rotatable bonds is 0. The molecule has 17 heavy (non-hydrogen) atoms. The zero-order valence-corrected chi connectivity index (χ0v) is 11.2. The van der Waals surface area contributed by atoms with E-state index in [-0.39, 0.29) is 0 Å². The summed E-state index contributed by atoms with van der Waals surface area (Å²) in [6.07, 6.45) is 0. The van der Waals surface area contributed by atoms with E-state index in [0.29, 0.717) is 6.79 Å². The minimum atomic E-state index is 0.326. The highest BCUT2D eigenvalue weighted by atomic mass is 79.9. The van der Waals surface area contributed by atoms with Crippen molar-refractivity contribution < 1.29 is 9.47 Å². The molecule has 0 spiro atoms. The van der Waals surface area contributed by atoms with Crippen LogP contribution in [0.5, 0.6) is 11.5 Å². The predicted molar refractivity (Wildman–Crippen MR) is 70.9 cm³/mol. The second-order valence-corrected chi connectivity index (χ2v) is 6.44. The van der Waals surface area contributed by atoms with Gasteiger partial charge in [0.05, 0.1) is 14.4 Å². The van der Waals surface area contributed by atoms with Gasteiger partial charge in [0, 0.05) is 12.1 Å². The van der Waals surface area contributed by atoms with E-state index in [1.807, 2.05) is 0 Å². The van der Waals surface area contributed by atoms with Crippen molar-refractivity contribution in [3.63, 3.8) is 0 Å². The van der Waals surface area contributed by atoms with E-state index in [2.05, 4.69) is 39.4 Å². The van der Waals surface area contributed by atoms with Crippen molar-refractivity contribution in [1.82, 2.24) is 0 Å². The van der Waals surface area contributed by atoms with Crippen LogP contribution in [0.2, 0.25) is 0 Å². The second kappa shape index (κ2) is 3.40. The van der Waals surface area contributed by atoms with Crippen LogP contribution in [0.15, 0.2) is 22.0 Å². The van der Waals surface area contributed by atoms with Crippen molar-refractivity contribution in [3.8, 4) is 21.9 Å². The molecule has 5 heteroatoms. The molecule has 3 nitrogen and oxygen atoms in total. The first kappa shape index (κ1) is 9.79. The lowest BCUT2D eigenvalue weighted by Crippen LogP contribution is -2.06. The van der Waals surface area contributed by atoms with E-state index in [1.54, 1.807) is 11.3 Å². The molecule has 1 aromatic heterocycles. The molecule has 1 N–H and O–H groups in total. The molecule has 86 valence electrons. The number of hydrogen-bond acceptors (Lipinski definition) is 4. The highest BCUT2D eigenvalue weighted by Crippen LogP contribution is 2.47. The number of anilines is 1. The van der Waals surface area contributed by atoms with E-state index in [1.165, 1.54) is 21.7 Å². The fraction of sp³-hybridized carbons (Fsp3) is 0.167. The molecule has 2 aromatic rings. The third-order valence-corrected chi connectivity index (χ3v) is 4.69. The lowest BCUT2D eigenvalue weighted by Gasteiger charge is -2.18. The normalized spacial score (nSPS) is 15.1. The summed E-state index contributed by atoms with van der Waals surface area (Å²) in [5.41, 5.74) is 3.70. The summed E-state index contributed by atoms with van der Waals surface area (Å²) >= 11 is 5.27. The van der Waals surface area contributed by atoms with Gasteiger partial charge < -0.3 is 14.8 Å². The highest BCUT2D eigenvalue weighted by molar-refractivity contribution is 9.11. The maximum Gasteiger partial charge on any atom is 0.231 e. The monoisotopic (exact) mass is 309 g/mol. The fourth-order valence-electron chi connectivity index (χ4n) is 2.22. The Morgan fingerprint density at radius 1 is 1.18 bits per heavy atom. The van der Waals surface area contributed by atoms with Crippen LogP contribution in [0.25, 0.3) is 10.4 Å². The number of thiophene rings is 1. The van der Waals surface area contributed by atoms with Gasteiger partial charge in [0.25, 0.3) is 0 Å². The first-order chi connectivity index (χ1) is 8.31. The van der Waals surface area contributed by atoms with Crippen molar-refractivity contribution in [2.75, 3.05) is 12.1 Å². The summed E-state index contributed by atoms with van der Waals surface area (Å²) in [7, 11) is 0. The Morgan fingerprint density at radius 2 is 2.00 bits per heavy atom. The van der Waals surface area contributed by atoms with E-state index >= 15 is 0 Å². The number of ether oxygens (including phenoxy) is 2. The van der Waals surface area contributed by atoms with Crippen LogP contribution in [0.1, 0.15) is 5.56 Å². The maximum absolute atomic E-state index is 5.44. The third-order valence-electron chi connectivity index (χ3n) is 3.01. The lowest BCUT2D eigenvalue weighted by molar-refractivity contribution is 0.174. The lowest BCUT2D eigenvalue weighted by atomic mass is 10.0. The average Bonchev–Trinajstić information content (AvgIpc) is 2.90. The van der Waals surface area contributed by atoms with Gasteiger partial charge in [0.1, 0.15) is 0 Å². The van der Waals surface area contributed by atoms with Crippen molar-refractivity contribution in [3.05, 3.63) is 27.5 Å². The number of halogens is 1. The molecule has 2 aliphatic rings. The van der Waals surface area contributed by atoms with Crippen LogP contribution in [-0.2, 0) is 6.54 Å². The van der Waals surface area contributed by atoms with Crippen LogP contribution in [0.3, 0.4) is 0 Å². The van der Waals surface area contributed by atoms with Gasteiger partial charge in [-0.15, -0.1) is 11.3 Å². The summed E-state index contributed by atoms with van der Waals surface area (Å²) in [4.78, 5) is 1.26. The van der Waals surface area contributed by atoms with Crippen molar-refractivity contribution >= 4 is 33.0 Å². The average molecular weight is 310 g/mol. The van der Waals surface area contributed by atoms with Gasteiger partial charge in [-0.05, 0) is 39.7 Å². The van der Waals surface area contributed by atoms with Crippen LogP contribution in [0.4, 0.5) is 5.69 Å². The molecule has 3 heterocycles. The standard InChI is InChI=1S/C12H8BrNO2S/c13-11-3-8-12(17-11)7-2-10-9(15-5-16-10)1-6(7)4-14-8/h1-3,14H,4-5H2. The highest BCUT2D eigenvalue weighted by Gasteiger charge is 2.23. The number of hydrogen-bond donors (Lipinski definition) is 1. The van der Waals surface area contributed by atoms with Gasteiger partial charge in [-0.25, -0.2) is 0 Å². The summed E-state index contributed by atoms with van der Waals surface area (Å²) in [5, 5.41) is 3.41. The van der Waals surface area contributed by atoms with Crippen LogP contribution >= 0.6 is 27.3 Å². The number of nitrogens with one attached hydrogen (secondary N) is 1. The van der Waals surface area contributed by atoms with Gasteiger partial charge in [0.2, 0.25) is 6.79 Å². The quantitative estimate of drug-likeness (QED) is 0.802. The van der Waals surface area contributed by atoms with E-state index in [9.17, 15) is 0 Å². The molecule has 0 fully saturated rings. The third kappa shape index (κ3) is 1.39. The van der Waals surface area contributed by atoms with Gasteiger partial charge in [0.15, 0.2) is 11.5 Å². The molecular formula is C12H8BrNO2S. The SMILES string of the molecule is Brc1cc2c(s1)-c1cc3c(cc1CN2)OCO3. The number of fused-ring (bicyclic) bond motifs is 4. The molecule has 0 bridgehead atoms. The van der Waals surface area contributed by atoms with Crippen LogP contribution in [0, 0.1) is 0 Å². The molecule has 1 aromatic carbocycles. The topological polar surface area (TPSA) is 30.5 Å². The summed E-state index contributed by atoms with van der Waals surface area (Å²) in [6.45, 7) is 1.16. The molecule has 0 aliphatic carbocycles.